The molecular weight excluding hydrogens is 204 g/mol. The largest absolute Gasteiger partial charge is 0.496 e. The van der Waals surface area contributed by atoms with Gasteiger partial charge in [-0.15, -0.1) is 0 Å². The Labute approximate surface area is 94.4 Å². The van der Waals surface area contributed by atoms with Crippen molar-refractivity contribution in [1.29, 1.82) is 0 Å². The minimum Gasteiger partial charge on any atom is -0.496 e. The fourth-order valence-corrected chi connectivity index (χ4v) is 2.54. The highest BCUT2D eigenvalue weighted by atomic mass is 16.5. The van der Waals surface area contributed by atoms with Gasteiger partial charge in [-0.1, -0.05) is 6.07 Å². The van der Waals surface area contributed by atoms with Gasteiger partial charge in [0.05, 0.1) is 13.5 Å². The van der Waals surface area contributed by atoms with Crippen LogP contribution in [-0.2, 0) is 0 Å². The van der Waals surface area contributed by atoms with Crippen molar-refractivity contribution in [3.8, 4) is 11.5 Å². The standard InChI is InChI=1S/C13H14O3/c1-15-10-4-2-5-11-12(10)9(14)8-13(16-11)6-3-7-13/h2,4-5H,3,6-8H2,1H3. The second-order valence-electron chi connectivity index (χ2n) is 4.57. The Morgan fingerprint density at radius 2 is 2.19 bits per heavy atom. The maximum atomic E-state index is 12.1. The molecule has 0 amide bonds. The molecule has 0 aromatic heterocycles. The average molecular weight is 218 g/mol. The molecule has 0 radical (unpaired) electrons. The van der Waals surface area contributed by atoms with Crippen LogP contribution in [0.5, 0.6) is 11.5 Å². The topological polar surface area (TPSA) is 35.5 Å². The van der Waals surface area contributed by atoms with E-state index in [-0.39, 0.29) is 11.4 Å². The molecule has 0 unspecified atom stereocenters. The van der Waals surface area contributed by atoms with Gasteiger partial charge in [0.15, 0.2) is 5.78 Å². The molecule has 0 saturated heterocycles. The Bertz CT molecular complexity index is 446. The number of ether oxygens (including phenoxy) is 2. The van der Waals surface area contributed by atoms with Crippen molar-refractivity contribution in [2.24, 2.45) is 0 Å². The number of ketones is 1. The van der Waals surface area contributed by atoms with E-state index in [1.54, 1.807) is 13.2 Å². The molecule has 1 heterocycles. The lowest BCUT2D eigenvalue weighted by Crippen LogP contribution is -2.47. The van der Waals surface area contributed by atoms with Gasteiger partial charge in [-0.05, 0) is 31.4 Å². The first kappa shape index (κ1) is 9.70. The van der Waals surface area contributed by atoms with Gasteiger partial charge in [-0.3, -0.25) is 4.79 Å². The van der Waals surface area contributed by atoms with Crippen molar-refractivity contribution in [2.45, 2.75) is 31.3 Å². The molecule has 3 heteroatoms. The Kier molecular flexibility index (Phi) is 1.96. The summed E-state index contributed by atoms with van der Waals surface area (Å²) >= 11 is 0. The third-order valence-corrected chi connectivity index (χ3v) is 3.56. The van der Waals surface area contributed by atoms with Gasteiger partial charge in [0.25, 0.3) is 0 Å². The maximum Gasteiger partial charge on any atom is 0.174 e. The molecule has 2 aliphatic rings. The lowest BCUT2D eigenvalue weighted by molar-refractivity contribution is -0.0180. The minimum atomic E-state index is -0.198. The molecule has 0 atom stereocenters. The summed E-state index contributed by atoms with van der Waals surface area (Å²) in [5.74, 6) is 1.46. The Morgan fingerprint density at radius 1 is 1.38 bits per heavy atom. The number of Topliss-reactive ketones (excluding diaryl/α,β-unsaturated/α-hetero) is 1. The van der Waals surface area contributed by atoms with E-state index in [0.717, 1.165) is 19.3 Å². The summed E-state index contributed by atoms with van der Waals surface area (Å²) in [5.41, 5.74) is 0.415. The Hall–Kier alpha value is -1.51. The van der Waals surface area contributed by atoms with Crippen LogP contribution in [-0.4, -0.2) is 18.5 Å². The molecule has 1 aromatic rings. The van der Waals surface area contributed by atoms with Gasteiger partial charge < -0.3 is 9.47 Å². The lowest BCUT2D eigenvalue weighted by atomic mass is 9.74. The predicted octanol–water partition coefficient (Wildman–Crippen LogP) is 2.58. The molecule has 1 saturated carbocycles. The summed E-state index contributed by atoms with van der Waals surface area (Å²) in [6, 6.07) is 5.52. The van der Waals surface area contributed by atoms with E-state index in [0.29, 0.717) is 23.5 Å². The normalized spacial score (nSPS) is 20.9. The predicted molar refractivity (Wildman–Crippen MR) is 59.2 cm³/mol. The first-order valence-electron chi connectivity index (χ1n) is 5.63. The number of hydrogen-bond donors (Lipinski definition) is 0. The highest BCUT2D eigenvalue weighted by Gasteiger charge is 2.46. The van der Waals surface area contributed by atoms with Crippen LogP contribution in [0.1, 0.15) is 36.0 Å². The molecule has 1 aromatic carbocycles. The highest BCUT2D eigenvalue weighted by molar-refractivity contribution is 6.03. The van der Waals surface area contributed by atoms with Crippen LogP contribution in [0.15, 0.2) is 18.2 Å². The molecule has 1 fully saturated rings. The second-order valence-corrected chi connectivity index (χ2v) is 4.57. The molecule has 84 valence electrons. The van der Waals surface area contributed by atoms with Crippen LogP contribution in [0, 0.1) is 0 Å². The summed E-state index contributed by atoms with van der Waals surface area (Å²) in [6.45, 7) is 0. The third kappa shape index (κ3) is 1.24. The molecule has 16 heavy (non-hydrogen) atoms. The summed E-state index contributed by atoms with van der Waals surface area (Å²) in [6.07, 6.45) is 3.65. The summed E-state index contributed by atoms with van der Waals surface area (Å²) in [4.78, 5) is 12.1. The molecule has 3 nitrogen and oxygen atoms in total. The van der Waals surface area contributed by atoms with Crippen molar-refractivity contribution >= 4 is 5.78 Å². The van der Waals surface area contributed by atoms with Crippen molar-refractivity contribution in [2.75, 3.05) is 7.11 Å². The zero-order chi connectivity index (χ0) is 11.2. The van der Waals surface area contributed by atoms with E-state index in [2.05, 4.69) is 0 Å². The molecule has 1 aliphatic carbocycles. The summed E-state index contributed by atoms with van der Waals surface area (Å²) in [7, 11) is 1.58. The summed E-state index contributed by atoms with van der Waals surface area (Å²) < 4.78 is 11.2. The van der Waals surface area contributed by atoms with E-state index >= 15 is 0 Å². The van der Waals surface area contributed by atoms with Gasteiger partial charge in [0, 0.05) is 0 Å². The average Bonchev–Trinajstić information content (AvgIpc) is 2.25. The van der Waals surface area contributed by atoms with Crippen LogP contribution in [0.3, 0.4) is 0 Å². The van der Waals surface area contributed by atoms with Crippen LogP contribution in [0.4, 0.5) is 0 Å². The third-order valence-electron chi connectivity index (χ3n) is 3.56. The first-order chi connectivity index (χ1) is 7.74. The summed E-state index contributed by atoms with van der Waals surface area (Å²) in [5, 5.41) is 0. The molecule has 3 rings (SSSR count). The number of rotatable bonds is 1. The van der Waals surface area contributed by atoms with Gasteiger partial charge in [0.1, 0.15) is 22.7 Å². The zero-order valence-electron chi connectivity index (χ0n) is 9.29. The highest BCUT2D eigenvalue weighted by Crippen LogP contribution is 2.46. The Balaban J connectivity index is 2.06. The Morgan fingerprint density at radius 3 is 2.81 bits per heavy atom. The van der Waals surface area contributed by atoms with E-state index in [4.69, 9.17) is 9.47 Å². The van der Waals surface area contributed by atoms with Crippen LogP contribution < -0.4 is 9.47 Å². The van der Waals surface area contributed by atoms with Gasteiger partial charge in [-0.2, -0.15) is 0 Å². The monoisotopic (exact) mass is 218 g/mol. The number of benzene rings is 1. The molecule has 0 N–H and O–H groups in total. The van der Waals surface area contributed by atoms with Crippen LogP contribution >= 0.6 is 0 Å². The van der Waals surface area contributed by atoms with E-state index in [1.807, 2.05) is 12.1 Å². The maximum absolute atomic E-state index is 12.1. The van der Waals surface area contributed by atoms with Crippen LogP contribution in [0.2, 0.25) is 0 Å². The molecule has 0 bridgehead atoms. The number of methoxy groups -OCH3 is 1. The van der Waals surface area contributed by atoms with E-state index < -0.39 is 0 Å². The van der Waals surface area contributed by atoms with Crippen molar-refractivity contribution in [3.05, 3.63) is 23.8 Å². The van der Waals surface area contributed by atoms with Crippen molar-refractivity contribution < 1.29 is 14.3 Å². The second kappa shape index (κ2) is 3.24. The van der Waals surface area contributed by atoms with Gasteiger partial charge in [0.2, 0.25) is 0 Å². The molecule has 1 aliphatic heterocycles. The lowest BCUT2D eigenvalue weighted by Gasteiger charge is -2.44. The SMILES string of the molecule is COc1cccc2c1C(=O)CC1(CCC1)O2. The quantitative estimate of drug-likeness (QED) is 0.726. The number of hydrogen-bond acceptors (Lipinski definition) is 3. The fraction of sp³-hybridized carbons (Fsp3) is 0.462. The van der Waals surface area contributed by atoms with Gasteiger partial charge >= 0.3 is 0 Å². The fourth-order valence-electron chi connectivity index (χ4n) is 2.54. The van der Waals surface area contributed by atoms with Gasteiger partial charge in [-0.25, -0.2) is 0 Å². The number of carbonyl (C=O) groups excluding carboxylic acids is 1. The smallest absolute Gasteiger partial charge is 0.174 e. The number of carbonyl (C=O) groups is 1. The number of fused-ring (bicyclic) bond motifs is 1. The van der Waals surface area contributed by atoms with E-state index in [1.165, 1.54) is 0 Å². The molecular formula is C13H14O3. The first-order valence-corrected chi connectivity index (χ1v) is 5.63. The van der Waals surface area contributed by atoms with Crippen LogP contribution in [0.25, 0.3) is 0 Å². The van der Waals surface area contributed by atoms with Crippen molar-refractivity contribution in [3.63, 3.8) is 0 Å². The molecule has 1 spiro atoms. The zero-order valence-corrected chi connectivity index (χ0v) is 9.29. The van der Waals surface area contributed by atoms with E-state index in [9.17, 15) is 4.79 Å². The minimum absolute atomic E-state index is 0.151. The van der Waals surface area contributed by atoms with Crippen molar-refractivity contribution in [1.82, 2.24) is 0 Å².